The highest BCUT2D eigenvalue weighted by molar-refractivity contribution is 6.09. The molecule has 0 saturated heterocycles. The van der Waals surface area contributed by atoms with Gasteiger partial charge in [-0.2, -0.15) is 0 Å². The number of nitrogens with zero attached hydrogens (tertiary/aromatic N) is 1. The van der Waals surface area contributed by atoms with Crippen molar-refractivity contribution in [3.05, 3.63) is 192 Å². The average molecular weight is 576 g/mol. The van der Waals surface area contributed by atoms with Gasteiger partial charge in [0.25, 0.3) is 0 Å². The molecule has 2 unspecified atom stereocenters. The lowest BCUT2D eigenvalue weighted by Crippen LogP contribution is -2.39. The van der Waals surface area contributed by atoms with Crippen molar-refractivity contribution >= 4 is 27.4 Å². The standard InChI is InChI=1S/C43H29NO/c1-4-17-35-31(12-1)34-16-11-15-30(42(34)43(35)36-18-5-9-22-40(36)45-41-23-10-6-19-37(41)43)28-24-26-29(27-25-28)44-38-20-7-2-13-32(38)33-14-3-8-21-39(33)44/h1-27,34,42H. The van der Waals surface area contributed by atoms with Gasteiger partial charge in [0.15, 0.2) is 0 Å². The van der Waals surface area contributed by atoms with Crippen LogP contribution in [0.25, 0.3) is 33.1 Å². The molecule has 6 aromatic carbocycles. The van der Waals surface area contributed by atoms with Gasteiger partial charge in [-0.1, -0.05) is 127 Å². The average Bonchev–Trinajstić information content (AvgIpc) is 3.60. The molecule has 45 heavy (non-hydrogen) atoms. The Labute approximate surface area is 262 Å². The van der Waals surface area contributed by atoms with Crippen molar-refractivity contribution in [2.75, 3.05) is 0 Å². The number of aromatic nitrogens is 1. The first kappa shape index (κ1) is 24.8. The molecule has 2 aliphatic carbocycles. The van der Waals surface area contributed by atoms with Crippen molar-refractivity contribution in [1.82, 2.24) is 4.57 Å². The molecular formula is C43H29NO. The van der Waals surface area contributed by atoms with E-state index in [1.807, 2.05) is 0 Å². The summed E-state index contributed by atoms with van der Waals surface area (Å²) in [4.78, 5) is 0. The Morgan fingerprint density at radius 1 is 0.533 bits per heavy atom. The van der Waals surface area contributed by atoms with Crippen LogP contribution in [0.5, 0.6) is 11.5 Å². The van der Waals surface area contributed by atoms with E-state index in [0.29, 0.717) is 0 Å². The maximum atomic E-state index is 6.59. The van der Waals surface area contributed by atoms with Crippen LogP contribution in [0.15, 0.2) is 164 Å². The minimum Gasteiger partial charge on any atom is -0.457 e. The number of para-hydroxylation sites is 4. The lowest BCUT2D eigenvalue weighted by molar-refractivity contribution is 0.380. The zero-order chi connectivity index (χ0) is 29.5. The molecule has 2 heterocycles. The quantitative estimate of drug-likeness (QED) is 0.200. The molecule has 1 spiro atoms. The van der Waals surface area contributed by atoms with Crippen LogP contribution in [0, 0.1) is 5.92 Å². The largest absolute Gasteiger partial charge is 0.457 e. The molecule has 2 atom stereocenters. The molecule has 10 rings (SSSR count). The number of allylic oxidation sites excluding steroid dienone is 4. The van der Waals surface area contributed by atoms with Crippen molar-refractivity contribution in [2.45, 2.75) is 11.3 Å². The van der Waals surface area contributed by atoms with Crippen molar-refractivity contribution < 1.29 is 4.74 Å². The number of rotatable bonds is 2. The lowest BCUT2D eigenvalue weighted by atomic mass is 9.59. The number of ether oxygens (including phenoxy) is 1. The third-order valence-corrected chi connectivity index (χ3v) is 10.4. The first-order valence-corrected chi connectivity index (χ1v) is 15.8. The Bertz CT molecular complexity index is 2270. The molecule has 1 aliphatic heterocycles. The minimum absolute atomic E-state index is 0.171. The molecule has 212 valence electrons. The van der Waals surface area contributed by atoms with Crippen LogP contribution in [0.3, 0.4) is 0 Å². The highest BCUT2D eigenvalue weighted by atomic mass is 16.5. The maximum Gasteiger partial charge on any atom is 0.131 e. The van der Waals surface area contributed by atoms with Gasteiger partial charge >= 0.3 is 0 Å². The van der Waals surface area contributed by atoms with Gasteiger partial charge in [0, 0.05) is 39.4 Å². The van der Waals surface area contributed by atoms with E-state index in [0.717, 1.165) is 11.5 Å². The summed E-state index contributed by atoms with van der Waals surface area (Å²) in [6, 6.07) is 53.1. The van der Waals surface area contributed by atoms with E-state index in [9.17, 15) is 0 Å². The topological polar surface area (TPSA) is 14.2 Å². The van der Waals surface area contributed by atoms with Crippen molar-refractivity contribution in [3.8, 4) is 17.2 Å². The summed E-state index contributed by atoms with van der Waals surface area (Å²) in [6.07, 6.45) is 7.03. The third-order valence-electron chi connectivity index (χ3n) is 10.4. The lowest BCUT2D eigenvalue weighted by Gasteiger charge is -2.45. The molecule has 0 saturated carbocycles. The van der Waals surface area contributed by atoms with E-state index in [-0.39, 0.29) is 17.3 Å². The highest BCUT2D eigenvalue weighted by Gasteiger charge is 2.58. The number of hydrogen-bond acceptors (Lipinski definition) is 1. The molecule has 2 nitrogen and oxygen atoms in total. The van der Waals surface area contributed by atoms with Gasteiger partial charge in [-0.25, -0.2) is 0 Å². The van der Waals surface area contributed by atoms with E-state index in [4.69, 9.17) is 4.74 Å². The van der Waals surface area contributed by atoms with E-state index in [1.54, 1.807) is 0 Å². The van der Waals surface area contributed by atoms with Crippen molar-refractivity contribution in [3.63, 3.8) is 0 Å². The summed E-state index contributed by atoms with van der Waals surface area (Å²) in [5.74, 6) is 2.31. The summed E-state index contributed by atoms with van der Waals surface area (Å²) in [5, 5.41) is 2.56. The number of benzene rings is 6. The summed E-state index contributed by atoms with van der Waals surface area (Å²) in [7, 11) is 0. The monoisotopic (exact) mass is 575 g/mol. The fraction of sp³-hybridized carbons (Fsp3) is 0.0698. The van der Waals surface area contributed by atoms with E-state index < -0.39 is 0 Å². The summed E-state index contributed by atoms with van der Waals surface area (Å²) < 4.78 is 8.98. The molecule has 0 bridgehead atoms. The fourth-order valence-electron chi connectivity index (χ4n) is 8.72. The molecule has 3 aliphatic rings. The summed E-state index contributed by atoms with van der Waals surface area (Å²) in [5.41, 5.74) is 11.1. The van der Waals surface area contributed by atoms with Crippen LogP contribution in [0.4, 0.5) is 0 Å². The summed E-state index contributed by atoms with van der Waals surface area (Å²) >= 11 is 0. The van der Waals surface area contributed by atoms with E-state index in [2.05, 4.69) is 168 Å². The molecule has 2 heteroatoms. The Morgan fingerprint density at radius 3 is 1.76 bits per heavy atom. The first-order chi connectivity index (χ1) is 22.3. The van der Waals surface area contributed by atoms with Crippen molar-refractivity contribution in [1.29, 1.82) is 0 Å². The molecule has 1 aromatic heterocycles. The van der Waals surface area contributed by atoms with Gasteiger partial charge in [-0.3, -0.25) is 0 Å². The second-order valence-corrected chi connectivity index (χ2v) is 12.4. The highest BCUT2D eigenvalue weighted by Crippen LogP contribution is 2.67. The number of hydrogen-bond donors (Lipinski definition) is 0. The normalized spacial score (nSPS) is 18.6. The Kier molecular flexibility index (Phi) is 5.07. The van der Waals surface area contributed by atoms with Gasteiger partial charge < -0.3 is 9.30 Å². The van der Waals surface area contributed by atoms with Crippen LogP contribution in [-0.4, -0.2) is 4.57 Å². The first-order valence-electron chi connectivity index (χ1n) is 15.8. The second-order valence-electron chi connectivity index (χ2n) is 12.4. The van der Waals surface area contributed by atoms with E-state index >= 15 is 0 Å². The minimum atomic E-state index is -0.380. The summed E-state index contributed by atoms with van der Waals surface area (Å²) in [6.45, 7) is 0. The van der Waals surface area contributed by atoms with E-state index in [1.165, 1.54) is 60.9 Å². The van der Waals surface area contributed by atoms with Crippen LogP contribution in [0.1, 0.15) is 33.7 Å². The fourth-order valence-corrected chi connectivity index (χ4v) is 8.72. The molecule has 0 fully saturated rings. The van der Waals surface area contributed by atoms with Gasteiger partial charge in [-0.05, 0) is 58.7 Å². The van der Waals surface area contributed by atoms with Gasteiger partial charge in [-0.15, -0.1) is 0 Å². The third kappa shape index (κ3) is 3.24. The zero-order valence-corrected chi connectivity index (χ0v) is 24.6. The van der Waals surface area contributed by atoms with Crippen LogP contribution < -0.4 is 4.74 Å². The van der Waals surface area contributed by atoms with Gasteiger partial charge in [0.2, 0.25) is 0 Å². The molecule has 0 radical (unpaired) electrons. The maximum absolute atomic E-state index is 6.59. The van der Waals surface area contributed by atoms with Crippen molar-refractivity contribution in [2.24, 2.45) is 5.92 Å². The Morgan fingerprint density at radius 2 is 1.09 bits per heavy atom. The molecule has 7 aromatic rings. The Hall–Kier alpha value is -5.60. The predicted molar refractivity (Wildman–Crippen MR) is 183 cm³/mol. The van der Waals surface area contributed by atoms with Gasteiger partial charge in [0.1, 0.15) is 11.5 Å². The predicted octanol–water partition coefficient (Wildman–Crippen LogP) is 10.6. The Balaban J connectivity index is 1.18. The second kappa shape index (κ2) is 9.20. The van der Waals surface area contributed by atoms with Crippen LogP contribution in [0.2, 0.25) is 0 Å². The smallest absolute Gasteiger partial charge is 0.131 e. The van der Waals surface area contributed by atoms with Crippen LogP contribution in [-0.2, 0) is 5.41 Å². The van der Waals surface area contributed by atoms with Gasteiger partial charge in [0.05, 0.1) is 16.4 Å². The molecular weight excluding hydrogens is 546 g/mol. The SMILES string of the molecule is C1=CC2c3ccccc3C3(c4ccccc4Oc4ccccc43)C2C(c2ccc(-n3c4ccccc4c4ccccc43)cc2)=C1. The molecule has 0 amide bonds. The zero-order valence-electron chi connectivity index (χ0n) is 24.6. The molecule has 0 N–H and O–H groups in total. The number of fused-ring (bicyclic) bond motifs is 12. The van der Waals surface area contributed by atoms with Crippen LogP contribution >= 0.6 is 0 Å².